The number of aromatic nitrogens is 2. The SMILES string of the molecule is CCCCN(CC(F)(F)F)C(=O)c1cncc(Cl)n1. The zero-order valence-corrected chi connectivity index (χ0v) is 11.0. The van der Waals surface area contributed by atoms with Gasteiger partial charge in [0.2, 0.25) is 0 Å². The van der Waals surface area contributed by atoms with Crippen LogP contribution in [0.4, 0.5) is 13.2 Å². The van der Waals surface area contributed by atoms with Crippen molar-refractivity contribution in [3.05, 3.63) is 23.2 Å². The van der Waals surface area contributed by atoms with Crippen molar-refractivity contribution < 1.29 is 18.0 Å². The minimum absolute atomic E-state index is 0.0169. The summed E-state index contributed by atoms with van der Waals surface area (Å²) in [5.41, 5.74) is -0.187. The third kappa shape index (κ3) is 5.42. The van der Waals surface area contributed by atoms with E-state index in [4.69, 9.17) is 11.6 Å². The molecule has 0 N–H and O–H groups in total. The van der Waals surface area contributed by atoms with Crippen molar-refractivity contribution in [2.75, 3.05) is 13.1 Å². The van der Waals surface area contributed by atoms with E-state index in [0.717, 1.165) is 6.20 Å². The van der Waals surface area contributed by atoms with Crippen molar-refractivity contribution in [3.63, 3.8) is 0 Å². The van der Waals surface area contributed by atoms with Crippen LogP contribution in [0.5, 0.6) is 0 Å². The van der Waals surface area contributed by atoms with Gasteiger partial charge in [0.15, 0.2) is 0 Å². The van der Waals surface area contributed by atoms with Crippen LogP contribution >= 0.6 is 11.6 Å². The monoisotopic (exact) mass is 295 g/mol. The average Bonchev–Trinajstić information content (AvgIpc) is 2.32. The lowest BCUT2D eigenvalue weighted by atomic mass is 10.3. The lowest BCUT2D eigenvalue weighted by Crippen LogP contribution is -2.40. The van der Waals surface area contributed by atoms with Gasteiger partial charge in [-0.3, -0.25) is 9.78 Å². The lowest BCUT2D eigenvalue weighted by molar-refractivity contribution is -0.140. The van der Waals surface area contributed by atoms with Crippen LogP contribution in [0.2, 0.25) is 5.15 Å². The van der Waals surface area contributed by atoms with Gasteiger partial charge in [0, 0.05) is 6.54 Å². The zero-order chi connectivity index (χ0) is 14.5. The van der Waals surface area contributed by atoms with Crippen molar-refractivity contribution in [3.8, 4) is 0 Å². The van der Waals surface area contributed by atoms with Crippen LogP contribution in [-0.4, -0.2) is 40.0 Å². The van der Waals surface area contributed by atoms with E-state index in [1.807, 2.05) is 6.92 Å². The molecule has 0 spiro atoms. The van der Waals surface area contributed by atoms with Crippen LogP contribution in [0.1, 0.15) is 30.3 Å². The number of carbonyl (C=O) groups is 1. The molecule has 0 radical (unpaired) electrons. The van der Waals surface area contributed by atoms with E-state index in [0.29, 0.717) is 17.7 Å². The summed E-state index contributed by atoms with van der Waals surface area (Å²) < 4.78 is 37.3. The van der Waals surface area contributed by atoms with Gasteiger partial charge in [-0.1, -0.05) is 24.9 Å². The number of hydrogen-bond donors (Lipinski definition) is 0. The van der Waals surface area contributed by atoms with Crippen LogP contribution in [0.15, 0.2) is 12.4 Å². The molecule has 19 heavy (non-hydrogen) atoms. The molecular formula is C11H13ClF3N3O. The molecule has 0 atom stereocenters. The molecule has 1 amide bonds. The fraction of sp³-hybridized carbons (Fsp3) is 0.545. The highest BCUT2D eigenvalue weighted by Gasteiger charge is 2.33. The Morgan fingerprint density at radius 3 is 2.63 bits per heavy atom. The van der Waals surface area contributed by atoms with Crippen molar-refractivity contribution in [2.45, 2.75) is 25.9 Å². The fourth-order valence-corrected chi connectivity index (χ4v) is 1.57. The fourth-order valence-electron chi connectivity index (χ4n) is 1.43. The van der Waals surface area contributed by atoms with E-state index in [1.54, 1.807) is 0 Å². The Morgan fingerprint density at radius 2 is 2.11 bits per heavy atom. The quantitative estimate of drug-likeness (QED) is 0.839. The van der Waals surface area contributed by atoms with Gasteiger partial charge in [0.25, 0.3) is 5.91 Å². The molecule has 106 valence electrons. The number of nitrogens with zero attached hydrogens (tertiary/aromatic N) is 3. The normalized spacial score (nSPS) is 11.4. The zero-order valence-electron chi connectivity index (χ0n) is 10.2. The van der Waals surface area contributed by atoms with Crippen LogP contribution in [-0.2, 0) is 0 Å². The van der Waals surface area contributed by atoms with Gasteiger partial charge in [0.05, 0.1) is 12.4 Å². The summed E-state index contributed by atoms with van der Waals surface area (Å²) >= 11 is 5.56. The summed E-state index contributed by atoms with van der Waals surface area (Å²) in [4.78, 5) is 20.0. The van der Waals surface area contributed by atoms with Gasteiger partial charge in [-0.05, 0) is 6.42 Å². The summed E-state index contributed by atoms with van der Waals surface area (Å²) in [6, 6.07) is 0. The topological polar surface area (TPSA) is 46.1 Å². The number of alkyl halides is 3. The molecular weight excluding hydrogens is 283 g/mol. The third-order valence-corrected chi connectivity index (χ3v) is 2.45. The minimum atomic E-state index is -4.45. The van der Waals surface area contributed by atoms with Gasteiger partial charge in [0.1, 0.15) is 17.4 Å². The number of unbranched alkanes of at least 4 members (excludes halogenated alkanes) is 1. The highest BCUT2D eigenvalue weighted by Crippen LogP contribution is 2.18. The number of hydrogen-bond acceptors (Lipinski definition) is 3. The Kier molecular flexibility index (Phi) is 5.53. The Morgan fingerprint density at radius 1 is 1.42 bits per heavy atom. The van der Waals surface area contributed by atoms with Gasteiger partial charge in [-0.15, -0.1) is 0 Å². The Labute approximate surface area is 113 Å². The number of amides is 1. The maximum Gasteiger partial charge on any atom is 0.406 e. The first-order chi connectivity index (χ1) is 8.83. The molecule has 0 aliphatic heterocycles. The lowest BCUT2D eigenvalue weighted by Gasteiger charge is -2.23. The first kappa shape index (κ1) is 15.7. The van der Waals surface area contributed by atoms with E-state index in [1.165, 1.54) is 6.20 Å². The predicted molar refractivity (Wildman–Crippen MR) is 63.9 cm³/mol. The maximum atomic E-state index is 12.4. The molecule has 8 heteroatoms. The molecule has 0 unspecified atom stereocenters. The van der Waals surface area contributed by atoms with Gasteiger partial charge in [-0.2, -0.15) is 13.2 Å². The number of halogens is 4. The molecule has 0 aliphatic carbocycles. The smallest absolute Gasteiger partial charge is 0.328 e. The van der Waals surface area contributed by atoms with Gasteiger partial charge in [-0.25, -0.2) is 4.98 Å². The largest absolute Gasteiger partial charge is 0.406 e. The summed E-state index contributed by atoms with van der Waals surface area (Å²) in [6.45, 7) is 0.540. The highest BCUT2D eigenvalue weighted by atomic mass is 35.5. The second kappa shape index (κ2) is 6.70. The predicted octanol–water partition coefficient (Wildman–Crippen LogP) is 2.93. The Hall–Kier alpha value is -1.37. The molecule has 0 saturated carbocycles. The molecule has 0 bridgehead atoms. The molecule has 4 nitrogen and oxygen atoms in total. The Balaban J connectivity index is 2.87. The third-order valence-electron chi connectivity index (χ3n) is 2.26. The first-order valence-electron chi connectivity index (χ1n) is 5.67. The second-order valence-corrected chi connectivity index (χ2v) is 4.31. The van der Waals surface area contributed by atoms with Crippen LogP contribution in [0, 0.1) is 0 Å². The van der Waals surface area contributed by atoms with E-state index < -0.39 is 18.6 Å². The van der Waals surface area contributed by atoms with E-state index in [9.17, 15) is 18.0 Å². The highest BCUT2D eigenvalue weighted by molar-refractivity contribution is 6.29. The summed E-state index contributed by atoms with van der Waals surface area (Å²) in [7, 11) is 0. The summed E-state index contributed by atoms with van der Waals surface area (Å²) in [6.07, 6.45) is -0.976. The standard InChI is InChI=1S/C11H13ClF3N3O/c1-2-3-4-18(7-11(13,14)15)10(19)8-5-16-6-9(12)17-8/h5-6H,2-4,7H2,1H3. The maximum absolute atomic E-state index is 12.4. The van der Waals surface area contributed by atoms with E-state index in [-0.39, 0.29) is 17.4 Å². The molecule has 1 aromatic rings. The molecule has 0 aliphatic rings. The van der Waals surface area contributed by atoms with Crippen LogP contribution in [0.3, 0.4) is 0 Å². The van der Waals surface area contributed by atoms with Crippen molar-refractivity contribution in [2.24, 2.45) is 0 Å². The van der Waals surface area contributed by atoms with E-state index in [2.05, 4.69) is 9.97 Å². The van der Waals surface area contributed by atoms with Crippen molar-refractivity contribution >= 4 is 17.5 Å². The summed E-state index contributed by atoms with van der Waals surface area (Å²) in [5, 5.41) is -0.0340. The van der Waals surface area contributed by atoms with Crippen LogP contribution < -0.4 is 0 Å². The molecule has 1 rings (SSSR count). The number of carbonyl (C=O) groups excluding carboxylic acids is 1. The van der Waals surface area contributed by atoms with Crippen molar-refractivity contribution in [1.29, 1.82) is 0 Å². The van der Waals surface area contributed by atoms with E-state index >= 15 is 0 Å². The van der Waals surface area contributed by atoms with Gasteiger partial charge < -0.3 is 4.90 Å². The van der Waals surface area contributed by atoms with Gasteiger partial charge >= 0.3 is 6.18 Å². The number of rotatable bonds is 5. The summed E-state index contributed by atoms with van der Waals surface area (Å²) in [5.74, 6) is -0.819. The first-order valence-corrected chi connectivity index (χ1v) is 6.05. The minimum Gasteiger partial charge on any atom is -0.328 e. The molecule has 0 aromatic carbocycles. The van der Waals surface area contributed by atoms with Crippen LogP contribution in [0.25, 0.3) is 0 Å². The average molecular weight is 296 g/mol. The molecule has 0 saturated heterocycles. The van der Waals surface area contributed by atoms with Crippen molar-refractivity contribution in [1.82, 2.24) is 14.9 Å². The molecule has 1 aromatic heterocycles. The molecule has 1 heterocycles. The Bertz CT molecular complexity index is 439. The molecule has 0 fully saturated rings. The second-order valence-electron chi connectivity index (χ2n) is 3.92.